The SMILES string of the molecule is CC(C)(C)c1ccc(=O)n(CC2CN(c3nccc(C(F)(F)F)n3)C2)n1. The fourth-order valence-electron chi connectivity index (χ4n) is 2.73. The molecule has 0 radical (unpaired) electrons. The van der Waals surface area contributed by atoms with Crippen LogP contribution in [0.3, 0.4) is 0 Å². The summed E-state index contributed by atoms with van der Waals surface area (Å²) in [7, 11) is 0. The molecule has 0 saturated carbocycles. The van der Waals surface area contributed by atoms with Gasteiger partial charge in [0.15, 0.2) is 0 Å². The van der Waals surface area contributed by atoms with Crippen molar-refractivity contribution in [1.82, 2.24) is 19.7 Å². The first-order chi connectivity index (χ1) is 12.0. The zero-order valence-corrected chi connectivity index (χ0v) is 14.8. The molecule has 0 amide bonds. The molecule has 26 heavy (non-hydrogen) atoms. The van der Waals surface area contributed by atoms with Crippen molar-refractivity contribution in [2.24, 2.45) is 5.92 Å². The summed E-state index contributed by atoms with van der Waals surface area (Å²) >= 11 is 0. The Kier molecular flexibility index (Phi) is 4.49. The standard InChI is InChI=1S/C17H20F3N5O/c1-16(2,3)12-4-5-14(26)25(23-12)10-11-8-24(9-11)15-21-7-6-13(22-15)17(18,19)20/h4-7,11H,8-10H2,1-3H3. The van der Waals surface area contributed by atoms with E-state index in [4.69, 9.17) is 0 Å². The van der Waals surface area contributed by atoms with Gasteiger partial charge in [-0.3, -0.25) is 4.79 Å². The number of halogens is 3. The second kappa shape index (κ2) is 6.37. The van der Waals surface area contributed by atoms with Gasteiger partial charge in [-0.05, 0) is 12.1 Å². The Bertz CT molecular complexity index is 850. The van der Waals surface area contributed by atoms with Crippen LogP contribution >= 0.6 is 0 Å². The number of rotatable bonds is 3. The van der Waals surface area contributed by atoms with Crippen LogP contribution in [0.2, 0.25) is 0 Å². The Balaban J connectivity index is 1.67. The molecule has 3 heterocycles. The Labute approximate surface area is 148 Å². The Morgan fingerprint density at radius 1 is 1.12 bits per heavy atom. The molecule has 0 unspecified atom stereocenters. The van der Waals surface area contributed by atoms with E-state index < -0.39 is 11.9 Å². The van der Waals surface area contributed by atoms with E-state index in [0.717, 1.165) is 18.0 Å². The van der Waals surface area contributed by atoms with E-state index in [0.29, 0.717) is 19.6 Å². The summed E-state index contributed by atoms with van der Waals surface area (Å²) in [6.07, 6.45) is -3.38. The summed E-state index contributed by atoms with van der Waals surface area (Å²) in [6, 6.07) is 4.07. The normalized spacial score (nSPS) is 15.8. The minimum atomic E-state index is -4.49. The molecule has 140 valence electrons. The van der Waals surface area contributed by atoms with E-state index in [1.807, 2.05) is 20.8 Å². The molecule has 0 aliphatic carbocycles. The van der Waals surface area contributed by atoms with Crippen molar-refractivity contribution in [3.63, 3.8) is 0 Å². The average Bonchev–Trinajstić information content (AvgIpc) is 2.50. The Hall–Kier alpha value is -2.45. The molecular weight excluding hydrogens is 347 g/mol. The summed E-state index contributed by atoms with van der Waals surface area (Å²) in [5.74, 6) is 0.161. The van der Waals surface area contributed by atoms with Gasteiger partial charge in [-0.25, -0.2) is 14.6 Å². The number of alkyl halides is 3. The fraction of sp³-hybridized carbons (Fsp3) is 0.529. The van der Waals surface area contributed by atoms with Crippen LogP contribution in [0.4, 0.5) is 19.1 Å². The van der Waals surface area contributed by atoms with Crippen molar-refractivity contribution in [3.05, 3.63) is 46.1 Å². The first-order valence-electron chi connectivity index (χ1n) is 8.28. The number of anilines is 1. The fourth-order valence-corrected chi connectivity index (χ4v) is 2.73. The second-order valence-corrected chi connectivity index (χ2v) is 7.50. The van der Waals surface area contributed by atoms with E-state index >= 15 is 0 Å². The van der Waals surface area contributed by atoms with E-state index in [1.54, 1.807) is 11.0 Å². The minimum absolute atomic E-state index is 0.0554. The van der Waals surface area contributed by atoms with Gasteiger partial charge in [0.25, 0.3) is 5.56 Å². The first-order valence-corrected chi connectivity index (χ1v) is 8.28. The van der Waals surface area contributed by atoms with Gasteiger partial charge in [-0.15, -0.1) is 0 Å². The summed E-state index contributed by atoms with van der Waals surface area (Å²) < 4.78 is 39.6. The monoisotopic (exact) mass is 367 g/mol. The van der Waals surface area contributed by atoms with Crippen LogP contribution in [-0.4, -0.2) is 32.8 Å². The van der Waals surface area contributed by atoms with Gasteiger partial charge < -0.3 is 4.90 Å². The molecule has 0 spiro atoms. The molecule has 1 aliphatic heterocycles. The predicted octanol–water partition coefficient (Wildman–Crippen LogP) is 2.49. The molecule has 6 nitrogen and oxygen atoms in total. The van der Waals surface area contributed by atoms with Crippen LogP contribution in [0.15, 0.2) is 29.2 Å². The molecule has 3 rings (SSSR count). The molecule has 2 aromatic heterocycles. The highest BCUT2D eigenvalue weighted by atomic mass is 19.4. The molecule has 0 bridgehead atoms. The first kappa shape index (κ1) is 18.3. The summed E-state index contributed by atoms with van der Waals surface area (Å²) in [5, 5.41) is 4.42. The third-order valence-corrected chi connectivity index (χ3v) is 4.24. The molecule has 2 aromatic rings. The van der Waals surface area contributed by atoms with E-state index in [2.05, 4.69) is 15.1 Å². The number of hydrogen-bond acceptors (Lipinski definition) is 5. The molecule has 9 heteroatoms. The highest BCUT2D eigenvalue weighted by molar-refractivity contribution is 5.34. The van der Waals surface area contributed by atoms with E-state index in [-0.39, 0.29) is 22.8 Å². The van der Waals surface area contributed by atoms with Crippen LogP contribution in [0.1, 0.15) is 32.2 Å². The molecule has 0 aromatic carbocycles. The number of aromatic nitrogens is 4. The van der Waals surface area contributed by atoms with Gasteiger partial charge in [0, 0.05) is 36.7 Å². The van der Waals surface area contributed by atoms with Crippen molar-refractivity contribution in [2.45, 2.75) is 38.9 Å². The highest BCUT2D eigenvalue weighted by Crippen LogP contribution is 2.29. The van der Waals surface area contributed by atoms with Gasteiger partial charge in [-0.2, -0.15) is 18.3 Å². The van der Waals surface area contributed by atoms with Crippen molar-refractivity contribution in [3.8, 4) is 0 Å². The third-order valence-electron chi connectivity index (χ3n) is 4.24. The zero-order chi connectivity index (χ0) is 19.1. The van der Waals surface area contributed by atoms with Crippen molar-refractivity contribution in [2.75, 3.05) is 18.0 Å². The molecule has 0 N–H and O–H groups in total. The average molecular weight is 367 g/mol. The van der Waals surface area contributed by atoms with Crippen LogP contribution < -0.4 is 10.5 Å². The van der Waals surface area contributed by atoms with Crippen LogP contribution in [0.5, 0.6) is 0 Å². The smallest absolute Gasteiger partial charge is 0.340 e. The lowest BCUT2D eigenvalue weighted by Crippen LogP contribution is -2.50. The van der Waals surface area contributed by atoms with Crippen LogP contribution in [0.25, 0.3) is 0 Å². The summed E-state index contributed by atoms with van der Waals surface area (Å²) in [5.41, 5.74) is -0.504. The van der Waals surface area contributed by atoms with Gasteiger partial charge >= 0.3 is 6.18 Å². The summed E-state index contributed by atoms with van der Waals surface area (Å²) in [4.78, 5) is 21.2. The Morgan fingerprint density at radius 2 is 1.81 bits per heavy atom. The van der Waals surface area contributed by atoms with E-state index in [1.165, 1.54) is 10.7 Å². The largest absolute Gasteiger partial charge is 0.433 e. The minimum Gasteiger partial charge on any atom is -0.340 e. The zero-order valence-electron chi connectivity index (χ0n) is 14.8. The van der Waals surface area contributed by atoms with E-state index in [9.17, 15) is 18.0 Å². The maximum Gasteiger partial charge on any atom is 0.433 e. The van der Waals surface area contributed by atoms with Gasteiger partial charge in [0.05, 0.1) is 12.2 Å². The highest BCUT2D eigenvalue weighted by Gasteiger charge is 2.35. The maximum absolute atomic E-state index is 12.7. The quantitative estimate of drug-likeness (QED) is 0.834. The topological polar surface area (TPSA) is 63.9 Å². The summed E-state index contributed by atoms with van der Waals surface area (Å²) in [6.45, 7) is 7.42. The van der Waals surface area contributed by atoms with Crippen molar-refractivity contribution < 1.29 is 13.2 Å². The third kappa shape index (κ3) is 3.86. The Morgan fingerprint density at radius 3 is 2.42 bits per heavy atom. The van der Waals surface area contributed by atoms with Crippen molar-refractivity contribution in [1.29, 1.82) is 0 Å². The molecule has 0 atom stereocenters. The maximum atomic E-state index is 12.7. The molecule has 1 aliphatic rings. The number of nitrogens with zero attached hydrogens (tertiary/aromatic N) is 5. The lowest BCUT2D eigenvalue weighted by atomic mass is 9.92. The second-order valence-electron chi connectivity index (χ2n) is 7.50. The van der Waals surface area contributed by atoms with Gasteiger partial charge in [0.1, 0.15) is 5.69 Å². The lowest BCUT2D eigenvalue weighted by Gasteiger charge is -2.39. The molecule has 1 saturated heterocycles. The van der Waals surface area contributed by atoms with Crippen LogP contribution in [-0.2, 0) is 18.1 Å². The molecular formula is C17H20F3N5O. The predicted molar refractivity (Wildman–Crippen MR) is 89.9 cm³/mol. The molecule has 1 fully saturated rings. The van der Waals surface area contributed by atoms with Crippen LogP contribution in [0, 0.1) is 5.92 Å². The number of hydrogen-bond donors (Lipinski definition) is 0. The van der Waals surface area contributed by atoms with Gasteiger partial charge in [0.2, 0.25) is 5.95 Å². The lowest BCUT2D eigenvalue weighted by molar-refractivity contribution is -0.141. The van der Waals surface area contributed by atoms with Crippen molar-refractivity contribution >= 4 is 5.95 Å². The van der Waals surface area contributed by atoms with Gasteiger partial charge in [-0.1, -0.05) is 20.8 Å².